The SMILES string of the molecule is C[C@@H]1CN(c2ccc(C#N)c3ncccc23)C[C@H](CN2CCN(c3ccc(Cl)cc3)CC2)O1. The van der Waals surface area contributed by atoms with E-state index in [-0.39, 0.29) is 12.2 Å². The van der Waals surface area contributed by atoms with Crippen molar-refractivity contribution < 1.29 is 4.74 Å². The topological polar surface area (TPSA) is 55.6 Å². The summed E-state index contributed by atoms with van der Waals surface area (Å²) in [5.74, 6) is 0. The van der Waals surface area contributed by atoms with E-state index in [2.05, 4.69) is 56.9 Å². The molecule has 7 heteroatoms. The van der Waals surface area contributed by atoms with E-state index in [1.807, 2.05) is 24.3 Å². The summed E-state index contributed by atoms with van der Waals surface area (Å²) in [7, 11) is 0. The smallest absolute Gasteiger partial charge is 0.101 e. The fourth-order valence-corrected chi connectivity index (χ4v) is 5.12. The molecule has 3 aromatic rings. The van der Waals surface area contributed by atoms with E-state index in [0.717, 1.165) is 67.4 Å². The second-order valence-electron chi connectivity index (χ2n) is 8.88. The Morgan fingerprint density at radius 3 is 2.58 bits per heavy atom. The number of pyridine rings is 1. The molecule has 0 aliphatic carbocycles. The largest absolute Gasteiger partial charge is 0.370 e. The average molecular weight is 462 g/mol. The molecule has 0 bridgehead atoms. The summed E-state index contributed by atoms with van der Waals surface area (Å²) in [6.07, 6.45) is 2.03. The third kappa shape index (κ3) is 4.77. The quantitative estimate of drug-likeness (QED) is 0.581. The Morgan fingerprint density at radius 2 is 1.82 bits per heavy atom. The Balaban J connectivity index is 1.26. The molecular weight excluding hydrogens is 434 g/mol. The van der Waals surface area contributed by atoms with E-state index in [9.17, 15) is 5.26 Å². The van der Waals surface area contributed by atoms with Gasteiger partial charge in [-0.2, -0.15) is 5.26 Å². The number of ether oxygens (including phenoxy) is 1. The summed E-state index contributed by atoms with van der Waals surface area (Å²) in [6.45, 7) is 8.75. The lowest BCUT2D eigenvalue weighted by molar-refractivity contribution is -0.0327. The molecule has 33 heavy (non-hydrogen) atoms. The van der Waals surface area contributed by atoms with Gasteiger partial charge >= 0.3 is 0 Å². The van der Waals surface area contributed by atoms with Gasteiger partial charge in [0.25, 0.3) is 0 Å². The molecule has 0 spiro atoms. The first-order chi connectivity index (χ1) is 16.1. The monoisotopic (exact) mass is 461 g/mol. The van der Waals surface area contributed by atoms with Gasteiger partial charge in [0.1, 0.15) is 6.07 Å². The first-order valence-corrected chi connectivity index (χ1v) is 11.9. The number of anilines is 2. The van der Waals surface area contributed by atoms with Crippen LogP contribution in [0.3, 0.4) is 0 Å². The highest BCUT2D eigenvalue weighted by atomic mass is 35.5. The molecular formula is C26H28ClN5O. The molecule has 6 nitrogen and oxygen atoms in total. The molecule has 170 valence electrons. The van der Waals surface area contributed by atoms with Gasteiger partial charge < -0.3 is 14.5 Å². The molecule has 0 amide bonds. The van der Waals surface area contributed by atoms with Gasteiger partial charge in [0, 0.05) is 73.8 Å². The van der Waals surface area contributed by atoms with Crippen LogP contribution in [0.25, 0.3) is 10.9 Å². The Labute approximate surface area is 199 Å². The van der Waals surface area contributed by atoms with Crippen LogP contribution in [0.15, 0.2) is 54.7 Å². The number of piperazine rings is 1. The molecule has 0 unspecified atom stereocenters. The van der Waals surface area contributed by atoms with E-state index >= 15 is 0 Å². The second kappa shape index (κ2) is 9.56. The highest BCUT2D eigenvalue weighted by Gasteiger charge is 2.29. The number of benzene rings is 2. The van der Waals surface area contributed by atoms with Crippen molar-refractivity contribution in [1.29, 1.82) is 5.26 Å². The van der Waals surface area contributed by atoms with Crippen molar-refractivity contribution in [3.8, 4) is 6.07 Å². The van der Waals surface area contributed by atoms with Crippen LogP contribution in [-0.4, -0.2) is 67.9 Å². The zero-order valence-corrected chi connectivity index (χ0v) is 19.6. The molecule has 2 aromatic carbocycles. The molecule has 5 rings (SSSR count). The third-order valence-electron chi connectivity index (χ3n) is 6.56. The number of morpholine rings is 1. The summed E-state index contributed by atoms with van der Waals surface area (Å²) in [5.41, 5.74) is 3.75. The van der Waals surface area contributed by atoms with Crippen LogP contribution in [0.1, 0.15) is 12.5 Å². The summed E-state index contributed by atoms with van der Waals surface area (Å²) in [5, 5.41) is 11.3. The number of hydrogen-bond donors (Lipinski definition) is 0. The zero-order chi connectivity index (χ0) is 22.8. The van der Waals surface area contributed by atoms with Crippen molar-refractivity contribution in [2.75, 3.05) is 55.6 Å². The lowest BCUT2D eigenvalue weighted by atomic mass is 10.1. The highest BCUT2D eigenvalue weighted by molar-refractivity contribution is 6.30. The maximum atomic E-state index is 9.47. The summed E-state index contributed by atoms with van der Waals surface area (Å²) < 4.78 is 6.34. The van der Waals surface area contributed by atoms with Crippen molar-refractivity contribution in [2.45, 2.75) is 19.1 Å². The number of hydrogen-bond acceptors (Lipinski definition) is 6. The number of nitriles is 1. The number of rotatable bonds is 4. The summed E-state index contributed by atoms with van der Waals surface area (Å²) in [6, 6.07) is 18.3. The normalized spacial score (nSPS) is 21.8. The predicted octanol–water partition coefficient (Wildman–Crippen LogP) is 4.18. The minimum Gasteiger partial charge on any atom is -0.370 e. The van der Waals surface area contributed by atoms with E-state index in [1.54, 1.807) is 6.20 Å². The van der Waals surface area contributed by atoms with Crippen LogP contribution in [0.5, 0.6) is 0 Å². The van der Waals surface area contributed by atoms with Crippen molar-refractivity contribution in [3.63, 3.8) is 0 Å². The molecule has 2 aliphatic rings. The Kier molecular flexibility index (Phi) is 6.37. The van der Waals surface area contributed by atoms with E-state index < -0.39 is 0 Å². The minimum absolute atomic E-state index is 0.137. The molecule has 2 aliphatic heterocycles. The Morgan fingerprint density at radius 1 is 1.03 bits per heavy atom. The van der Waals surface area contributed by atoms with Gasteiger partial charge in [-0.25, -0.2) is 0 Å². The molecule has 2 fully saturated rings. The van der Waals surface area contributed by atoms with Crippen LogP contribution in [0.4, 0.5) is 11.4 Å². The lowest BCUT2D eigenvalue weighted by Crippen LogP contribution is -2.54. The maximum absolute atomic E-state index is 9.47. The summed E-state index contributed by atoms with van der Waals surface area (Å²) in [4.78, 5) is 11.8. The molecule has 2 saturated heterocycles. The first kappa shape index (κ1) is 22.0. The van der Waals surface area contributed by atoms with Gasteiger partial charge in [0.2, 0.25) is 0 Å². The van der Waals surface area contributed by atoms with Crippen molar-refractivity contribution >= 4 is 33.9 Å². The Bertz CT molecular complexity index is 1150. The maximum Gasteiger partial charge on any atom is 0.101 e. The van der Waals surface area contributed by atoms with Crippen LogP contribution >= 0.6 is 11.6 Å². The van der Waals surface area contributed by atoms with Crippen LogP contribution in [0.2, 0.25) is 5.02 Å². The molecule has 1 aromatic heterocycles. The van der Waals surface area contributed by atoms with Gasteiger partial charge in [-0.15, -0.1) is 0 Å². The predicted molar refractivity (Wildman–Crippen MR) is 133 cm³/mol. The Hall–Kier alpha value is -2.85. The fraction of sp³-hybridized carbons (Fsp3) is 0.385. The lowest BCUT2D eigenvalue weighted by Gasteiger charge is -2.42. The highest BCUT2D eigenvalue weighted by Crippen LogP contribution is 2.30. The molecule has 2 atom stereocenters. The van der Waals surface area contributed by atoms with E-state index in [1.165, 1.54) is 5.69 Å². The van der Waals surface area contributed by atoms with Gasteiger partial charge in [0.05, 0.1) is 23.3 Å². The second-order valence-corrected chi connectivity index (χ2v) is 9.32. The van der Waals surface area contributed by atoms with Gasteiger partial charge in [-0.3, -0.25) is 9.88 Å². The number of fused-ring (bicyclic) bond motifs is 1. The van der Waals surface area contributed by atoms with Crippen LogP contribution in [-0.2, 0) is 4.74 Å². The zero-order valence-electron chi connectivity index (χ0n) is 18.8. The van der Waals surface area contributed by atoms with Gasteiger partial charge in [0.15, 0.2) is 0 Å². The average Bonchev–Trinajstić information content (AvgIpc) is 2.84. The molecule has 3 heterocycles. The van der Waals surface area contributed by atoms with Crippen molar-refractivity contribution in [1.82, 2.24) is 9.88 Å². The molecule has 0 saturated carbocycles. The summed E-state index contributed by atoms with van der Waals surface area (Å²) >= 11 is 6.03. The number of aromatic nitrogens is 1. The van der Waals surface area contributed by atoms with E-state index in [0.29, 0.717) is 5.56 Å². The molecule has 0 N–H and O–H groups in total. The minimum atomic E-state index is 0.137. The fourth-order valence-electron chi connectivity index (χ4n) is 4.99. The number of halogens is 1. The number of nitrogens with zero attached hydrogens (tertiary/aromatic N) is 5. The van der Waals surface area contributed by atoms with Crippen LogP contribution in [0, 0.1) is 11.3 Å². The van der Waals surface area contributed by atoms with Gasteiger partial charge in [-0.1, -0.05) is 11.6 Å². The first-order valence-electron chi connectivity index (χ1n) is 11.5. The van der Waals surface area contributed by atoms with E-state index in [4.69, 9.17) is 16.3 Å². The van der Waals surface area contributed by atoms with Gasteiger partial charge in [-0.05, 0) is 55.5 Å². The van der Waals surface area contributed by atoms with Crippen LogP contribution < -0.4 is 9.80 Å². The third-order valence-corrected chi connectivity index (χ3v) is 6.81. The van der Waals surface area contributed by atoms with Crippen molar-refractivity contribution in [3.05, 3.63) is 65.3 Å². The molecule has 0 radical (unpaired) electrons. The standard InChI is InChI=1S/C26H28ClN5O/c1-19-16-32(25-9-4-20(15-28)26-24(25)3-2-10-29-26)18-23(33-19)17-30-11-13-31(14-12-30)22-7-5-21(27)6-8-22/h2-10,19,23H,11-14,16-18H2,1H3/t19-,23+/m1/s1. The van der Waals surface area contributed by atoms with Crippen molar-refractivity contribution in [2.24, 2.45) is 0 Å².